The molecule has 0 N–H and O–H groups in total. The highest BCUT2D eigenvalue weighted by molar-refractivity contribution is 9.10. The lowest BCUT2D eigenvalue weighted by Gasteiger charge is -2.28. The van der Waals surface area contributed by atoms with Crippen LogP contribution in [0.2, 0.25) is 5.02 Å². The zero-order valence-corrected chi connectivity index (χ0v) is 17.8. The maximum absolute atomic E-state index is 13.2. The number of ether oxygens (including phenoxy) is 1. The molecule has 2 aromatic carbocycles. The Labute approximate surface area is 180 Å². The average molecular weight is 480 g/mol. The fraction of sp³-hybridized carbons (Fsp3) is 0.238. The van der Waals surface area contributed by atoms with Gasteiger partial charge >= 0.3 is 0 Å². The maximum Gasteiger partial charge on any atom is 0.263 e. The SMILES string of the molecule is CC(Oc1ccc(Cl)cc1Br)C(=O)N1CCc2c(noc2-c2ccc(F)cc2)C1. The van der Waals surface area contributed by atoms with Gasteiger partial charge in [-0.25, -0.2) is 4.39 Å². The number of halogens is 3. The van der Waals surface area contributed by atoms with Gasteiger partial charge in [-0.2, -0.15) is 0 Å². The zero-order chi connectivity index (χ0) is 20.5. The molecule has 1 amide bonds. The van der Waals surface area contributed by atoms with E-state index in [4.69, 9.17) is 20.9 Å². The Kier molecular flexibility index (Phi) is 5.61. The van der Waals surface area contributed by atoms with Crippen molar-refractivity contribution in [2.45, 2.75) is 26.0 Å². The number of carbonyl (C=O) groups excluding carboxylic acids is 1. The number of rotatable bonds is 4. The second kappa shape index (κ2) is 8.16. The Hall–Kier alpha value is -2.38. The standard InChI is InChI=1S/C21H17BrClFN2O3/c1-12(28-19-7-4-14(23)10-17(19)22)21(27)26-9-8-16-18(11-26)25-29-20(16)13-2-5-15(24)6-3-13/h2-7,10,12H,8-9,11H2,1H3. The van der Waals surface area contributed by atoms with Gasteiger partial charge in [0.1, 0.15) is 17.3 Å². The van der Waals surface area contributed by atoms with Crippen LogP contribution in [0.3, 0.4) is 0 Å². The van der Waals surface area contributed by atoms with E-state index in [1.165, 1.54) is 12.1 Å². The third kappa shape index (κ3) is 4.16. The van der Waals surface area contributed by atoms with Crippen molar-refractivity contribution in [3.8, 4) is 17.1 Å². The van der Waals surface area contributed by atoms with Gasteiger partial charge in [-0.1, -0.05) is 16.8 Å². The molecule has 1 unspecified atom stereocenters. The molecule has 5 nitrogen and oxygen atoms in total. The van der Waals surface area contributed by atoms with Crippen molar-refractivity contribution in [3.63, 3.8) is 0 Å². The van der Waals surface area contributed by atoms with Crippen molar-refractivity contribution in [2.24, 2.45) is 0 Å². The highest BCUT2D eigenvalue weighted by Gasteiger charge is 2.30. The molecular formula is C21H17BrClFN2O3. The molecule has 150 valence electrons. The fourth-order valence-corrected chi connectivity index (χ4v) is 4.09. The molecule has 1 aliphatic heterocycles. The van der Waals surface area contributed by atoms with E-state index in [0.29, 0.717) is 46.2 Å². The van der Waals surface area contributed by atoms with Crippen molar-refractivity contribution in [2.75, 3.05) is 6.54 Å². The molecule has 3 aromatic rings. The van der Waals surface area contributed by atoms with Crippen molar-refractivity contribution in [3.05, 3.63) is 69.0 Å². The highest BCUT2D eigenvalue weighted by Crippen LogP contribution is 2.32. The summed E-state index contributed by atoms with van der Waals surface area (Å²) in [5, 5.41) is 4.71. The second-order valence-corrected chi connectivity index (χ2v) is 8.08. The molecule has 0 saturated heterocycles. The van der Waals surface area contributed by atoms with Gasteiger partial charge in [-0.3, -0.25) is 4.79 Å². The van der Waals surface area contributed by atoms with Crippen LogP contribution in [0.5, 0.6) is 5.75 Å². The number of nitrogens with zero attached hydrogens (tertiary/aromatic N) is 2. The van der Waals surface area contributed by atoms with Gasteiger partial charge in [-0.15, -0.1) is 0 Å². The third-order valence-corrected chi connectivity index (χ3v) is 5.66. The van der Waals surface area contributed by atoms with Crippen LogP contribution < -0.4 is 4.74 Å². The first-order chi connectivity index (χ1) is 13.9. The summed E-state index contributed by atoms with van der Waals surface area (Å²) in [5.41, 5.74) is 2.43. The largest absolute Gasteiger partial charge is 0.480 e. The average Bonchev–Trinajstić information content (AvgIpc) is 3.13. The van der Waals surface area contributed by atoms with E-state index >= 15 is 0 Å². The van der Waals surface area contributed by atoms with E-state index in [1.807, 2.05) is 0 Å². The van der Waals surface area contributed by atoms with Gasteiger partial charge in [0, 0.05) is 22.7 Å². The number of hydrogen-bond donors (Lipinski definition) is 0. The lowest BCUT2D eigenvalue weighted by molar-refractivity contribution is -0.139. The van der Waals surface area contributed by atoms with Crippen LogP contribution in [-0.2, 0) is 17.8 Å². The number of amides is 1. The van der Waals surface area contributed by atoms with Crippen LogP contribution in [0.25, 0.3) is 11.3 Å². The van der Waals surface area contributed by atoms with Gasteiger partial charge in [-0.05, 0) is 71.7 Å². The van der Waals surface area contributed by atoms with Crippen molar-refractivity contribution in [1.82, 2.24) is 10.1 Å². The lowest BCUT2D eigenvalue weighted by atomic mass is 10.0. The molecule has 0 spiro atoms. The van der Waals surface area contributed by atoms with E-state index < -0.39 is 6.10 Å². The second-order valence-electron chi connectivity index (χ2n) is 6.79. The number of benzene rings is 2. The molecule has 0 radical (unpaired) electrons. The number of carbonyl (C=O) groups is 1. The van der Waals surface area contributed by atoms with Gasteiger partial charge in [0.05, 0.1) is 11.0 Å². The van der Waals surface area contributed by atoms with Crippen LogP contribution in [0.1, 0.15) is 18.2 Å². The van der Waals surface area contributed by atoms with Crippen LogP contribution >= 0.6 is 27.5 Å². The summed E-state index contributed by atoms with van der Waals surface area (Å²) in [5.74, 6) is 0.735. The van der Waals surface area contributed by atoms with Crippen LogP contribution in [0, 0.1) is 5.82 Å². The summed E-state index contributed by atoms with van der Waals surface area (Å²) < 4.78 is 25.2. The fourth-order valence-electron chi connectivity index (χ4n) is 3.32. The molecule has 0 bridgehead atoms. The third-order valence-electron chi connectivity index (χ3n) is 4.81. The van der Waals surface area contributed by atoms with Gasteiger partial charge in [0.2, 0.25) is 0 Å². The Morgan fingerprint density at radius 3 is 2.79 bits per heavy atom. The normalized spacial score (nSPS) is 14.4. The quantitative estimate of drug-likeness (QED) is 0.513. The summed E-state index contributed by atoms with van der Waals surface area (Å²) in [6, 6.07) is 11.2. The minimum absolute atomic E-state index is 0.135. The predicted molar refractivity (Wildman–Crippen MR) is 110 cm³/mol. The van der Waals surface area contributed by atoms with Crippen LogP contribution in [0.4, 0.5) is 4.39 Å². The first kappa shape index (κ1) is 19.9. The summed E-state index contributed by atoms with van der Waals surface area (Å²) >= 11 is 9.34. The van der Waals surface area contributed by atoms with E-state index in [9.17, 15) is 9.18 Å². The summed E-state index contributed by atoms with van der Waals surface area (Å²) in [6.45, 7) is 2.58. The Morgan fingerprint density at radius 2 is 2.07 bits per heavy atom. The molecule has 2 heterocycles. The minimum atomic E-state index is -0.669. The van der Waals surface area contributed by atoms with Crippen molar-refractivity contribution in [1.29, 1.82) is 0 Å². The zero-order valence-electron chi connectivity index (χ0n) is 15.5. The molecule has 0 fully saturated rings. The monoisotopic (exact) mass is 478 g/mol. The molecule has 8 heteroatoms. The van der Waals surface area contributed by atoms with Crippen molar-refractivity contribution < 1.29 is 18.4 Å². The lowest BCUT2D eigenvalue weighted by Crippen LogP contribution is -2.43. The van der Waals surface area contributed by atoms with Gasteiger partial charge in [0.25, 0.3) is 5.91 Å². The molecule has 1 aromatic heterocycles. The molecule has 29 heavy (non-hydrogen) atoms. The van der Waals surface area contributed by atoms with E-state index in [2.05, 4.69) is 21.1 Å². The summed E-state index contributed by atoms with van der Waals surface area (Å²) in [4.78, 5) is 14.6. The van der Waals surface area contributed by atoms with Crippen LogP contribution in [0.15, 0.2) is 51.5 Å². The summed E-state index contributed by atoms with van der Waals surface area (Å²) in [6.07, 6.45) is -0.0632. The first-order valence-corrected chi connectivity index (χ1v) is 10.2. The highest BCUT2D eigenvalue weighted by atomic mass is 79.9. The number of fused-ring (bicyclic) bond motifs is 1. The topological polar surface area (TPSA) is 55.6 Å². The van der Waals surface area contributed by atoms with E-state index in [-0.39, 0.29) is 11.7 Å². The predicted octanol–water partition coefficient (Wildman–Crippen LogP) is 5.25. The van der Waals surface area contributed by atoms with Gasteiger partial charge < -0.3 is 14.2 Å². The number of aromatic nitrogens is 1. The summed E-state index contributed by atoms with van der Waals surface area (Å²) in [7, 11) is 0. The molecule has 4 rings (SSSR count). The Balaban J connectivity index is 1.47. The van der Waals surface area contributed by atoms with E-state index in [0.717, 1.165) is 11.1 Å². The smallest absolute Gasteiger partial charge is 0.263 e. The molecule has 0 saturated carbocycles. The van der Waals surface area contributed by atoms with Crippen LogP contribution in [-0.4, -0.2) is 28.6 Å². The molecular weight excluding hydrogens is 463 g/mol. The van der Waals surface area contributed by atoms with Gasteiger partial charge in [0.15, 0.2) is 11.9 Å². The number of hydrogen-bond acceptors (Lipinski definition) is 4. The van der Waals surface area contributed by atoms with E-state index in [1.54, 1.807) is 42.2 Å². The molecule has 1 aliphatic rings. The maximum atomic E-state index is 13.2. The minimum Gasteiger partial charge on any atom is -0.480 e. The Morgan fingerprint density at radius 1 is 1.31 bits per heavy atom. The Bertz CT molecular complexity index is 1050. The van der Waals surface area contributed by atoms with Crippen molar-refractivity contribution >= 4 is 33.4 Å². The molecule has 0 aliphatic carbocycles. The first-order valence-electron chi connectivity index (χ1n) is 9.06. The molecule has 1 atom stereocenters.